The summed E-state index contributed by atoms with van der Waals surface area (Å²) in [4.78, 5) is 37.0. The molecule has 0 unspecified atom stereocenters. The van der Waals surface area contributed by atoms with Crippen molar-refractivity contribution in [1.29, 1.82) is 0 Å². The summed E-state index contributed by atoms with van der Waals surface area (Å²) in [5, 5.41) is 2.70. The molecule has 1 amide bonds. The van der Waals surface area contributed by atoms with Crippen LogP contribution in [0.15, 0.2) is 48.5 Å². The number of methoxy groups -OCH3 is 1. The number of carbonyl (C=O) groups is 3. The molecule has 0 heterocycles. The first-order valence-electron chi connectivity index (χ1n) is 9.68. The van der Waals surface area contributed by atoms with Gasteiger partial charge in [-0.15, -0.1) is 0 Å². The van der Waals surface area contributed by atoms with Gasteiger partial charge >= 0.3 is 11.9 Å². The molecular weight excluding hydrogens is 370 g/mol. The van der Waals surface area contributed by atoms with Gasteiger partial charge in [0.15, 0.2) is 6.61 Å². The number of anilines is 1. The zero-order valence-electron chi connectivity index (χ0n) is 16.7. The molecule has 2 aromatic carbocycles. The SMILES string of the molecule is COC(=O)c1ccc(C)c(NC(=O)COC(=O)C2(c3ccccc3)CCCC2)c1. The lowest BCUT2D eigenvalue weighted by Crippen LogP contribution is -2.36. The summed E-state index contributed by atoms with van der Waals surface area (Å²) in [5.74, 6) is -1.31. The Labute approximate surface area is 170 Å². The average Bonchev–Trinajstić information content (AvgIpc) is 3.25. The van der Waals surface area contributed by atoms with Gasteiger partial charge in [0.05, 0.1) is 18.1 Å². The summed E-state index contributed by atoms with van der Waals surface area (Å²) in [6.07, 6.45) is 3.35. The maximum atomic E-state index is 12.9. The molecule has 0 atom stereocenters. The van der Waals surface area contributed by atoms with Crippen molar-refractivity contribution in [3.63, 3.8) is 0 Å². The minimum atomic E-state index is -0.678. The van der Waals surface area contributed by atoms with Crippen LogP contribution >= 0.6 is 0 Å². The van der Waals surface area contributed by atoms with Crippen molar-refractivity contribution in [2.75, 3.05) is 19.0 Å². The van der Waals surface area contributed by atoms with Crippen LogP contribution in [0.1, 0.15) is 47.2 Å². The Morgan fingerprint density at radius 1 is 1.03 bits per heavy atom. The van der Waals surface area contributed by atoms with Gasteiger partial charge in [0.1, 0.15) is 0 Å². The topological polar surface area (TPSA) is 81.7 Å². The lowest BCUT2D eigenvalue weighted by molar-refractivity contribution is -0.153. The highest BCUT2D eigenvalue weighted by Gasteiger charge is 2.44. The highest BCUT2D eigenvalue weighted by Crippen LogP contribution is 2.42. The number of aryl methyl sites for hydroxylation is 1. The largest absolute Gasteiger partial charge is 0.465 e. The van der Waals surface area contributed by atoms with Crippen LogP contribution in [0.2, 0.25) is 0 Å². The van der Waals surface area contributed by atoms with E-state index in [9.17, 15) is 14.4 Å². The smallest absolute Gasteiger partial charge is 0.337 e. The van der Waals surface area contributed by atoms with Gasteiger partial charge in [-0.1, -0.05) is 49.2 Å². The number of nitrogens with one attached hydrogen (secondary N) is 1. The van der Waals surface area contributed by atoms with E-state index < -0.39 is 17.3 Å². The van der Waals surface area contributed by atoms with Crippen LogP contribution in [0.25, 0.3) is 0 Å². The second-order valence-corrected chi connectivity index (χ2v) is 7.30. The Bertz CT molecular complexity index is 901. The standard InChI is InChI=1S/C23H25NO5/c1-16-10-11-17(21(26)28-2)14-19(16)24-20(25)15-29-22(27)23(12-6-7-13-23)18-8-4-3-5-9-18/h3-5,8-11,14H,6-7,12-13,15H2,1-2H3,(H,24,25). The van der Waals surface area contributed by atoms with E-state index in [1.54, 1.807) is 18.2 Å². The third-order valence-corrected chi connectivity index (χ3v) is 5.44. The summed E-state index contributed by atoms with van der Waals surface area (Å²) in [6.45, 7) is 1.43. The molecule has 0 aromatic heterocycles. The summed E-state index contributed by atoms with van der Waals surface area (Å²) in [6, 6.07) is 14.5. The van der Waals surface area contributed by atoms with Crippen LogP contribution in [-0.2, 0) is 24.5 Å². The number of ether oxygens (including phenoxy) is 2. The van der Waals surface area contributed by atoms with Crippen molar-refractivity contribution in [1.82, 2.24) is 0 Å². The molecule has 0 bridgehead atoms. The third-order valence-electron chi connectivity index (χ3n) is 5.44. The fraction of sp³-hybridized carbons (Fsp3) is 0.348. The van der Waals surface area contributed by atoms with Gasteiger partial charge in [-0.05, 0) is 43.0 Å². The zero-order valence-corrected chi connectivity index (χ0v) is 16.7. The molecule has 0 radical (unpaired) electrons. The zero-order chi connectivity index (χ0) is 20.9. The number of hydrogen-bond acceptors (Lipinski definition) is 5. The van der Waals surface area contributed by atoms with Gasteiger partial charge in [0, 0.05) is 5.69 Å². The number of hydrogen-bond donors (Lipinski definition) is 1. The molecule has 152 valence electrons. The molecule has 1 aliphatic rings. The molecule has 6 nitrogen and oxygen atoms in total. The van der Waals surface area contributed by atoms with Crippen molar-refractivity contribution in [3.8, 4) is 0 Å². The summed E-state index contributed by atoms with van der Waals surface area (Å²) >= 11 is 0. The van der Waals surface area contributed by atoms with Gasteiger partial charge in [0.2, 0.25) is 0 Å². The molecule has 1 saturated carbocycles. The molecule has 6 heteroatoms. The normalized spacial score (nSPS) is 14.8. The predicted octanol–water partition coefficient (Wildman–Crippen LogP) is 3.78. The van der Waals surface area contributed by atoms with Gasteiger partial charge in [-0.3, -0.25) is 9.59 Å². The number of rotatable bonds is 6. The second kappa shape index (κ2) is 8.90. The minimum Gasteiger partial charge on any atom is -0.465 e. The number of esters is 2. The molecular formula is C23H25NO5. The van der Waals surface area contributed by atoms with E-state index in [2.05, 4.69) is 5.32 Å². The van der Waals surface area contributed by atoms with E-state index in [0.29, 0.717) is 11.3 Å². The van der Waals surface area contributed by atoms with Crippen LogP contribution < -0.4 is 5.32 Å². The lowest BCUT2D eigenvalue weighted by atomic mass is 9.79. The van der Waals surface area contributed by atoms with Gasteiger partial charge in [0.25, 0.3) is 5.91 Å². The van der Waals surface area contributed by atoms with Crippen LogP contribution in [0.4, 0.5) is 5.69 Å². The van der Waals surface area contributed by atoms with Crippen LogP contribution in [0, 0.1) is 6.92 Å². The van der Waals surface area contributed by atoms with Crippen LogP contribution in [0.3, 0.4) is 0 Å². The molecule has 1 fully saturated rings. The van der Waals surface area contributed by atoms with Crippen molar-refractivity contribution < 1.29 is 23.9 Å². The first-order chi connectivity index (χ1) is 14.0. The maximum absolute atomic E-state index is 12.9. The monoisotopic (exact) mass is 395 g/mol. The molecule has 3 rings (SSSR count). The number of amides is 1. The van der Waals surface area contributed by atoms with Crippen LogP contribution in [0.5, 0.6) is 0 Å². The van der Waals surface area contributed by atoms with Crippen molar-refractivity contribution in [2.24, 2.45) is 0 Å². The fourth-order valence-electron chi connectivity index (χ4n) is 3.80. The Balaban J connectivity index is 1.66. The Morgan fingerprint density at radius 3 is 2.38 bits per heavy atom. The van der Waals surface area contributed by atoms with Crippen molar-refractivity contribution >= 4 is 23.5 Å². The summed E-state index contributed by atoms with van der Waals surface area (Å²) < 4.78 is 10.1. The third kappa shape index (κ3) is 4.47. The van der Waals surface area contributed by atoms with Gasteiger partial charge in [-0.2, -0.15) is 0 Å². The van der Waals surface area contributed by atoms with E-state index in [1.165, 1.54) is 7.11 Å². The van der Waals surface area contributed by atoms with Crippen molar-refractivity contribution in [3.05, 3.63) is 65.2 Å². The van der Waals surface area contributed by atoms with E-state index in [0.717, 1.165) is 36.8 Å². The molecule has 29 heavy (non-hydrogen) atoms. The minimum absolute atomic E-state index is 0.333. The molecule has 0 aliphatic heterocycles. The van der Waals surface area contributed by atoms with E-state index in [1.807, 2.05) is 37.3 Å². The first-order valence-corrected chi connectivity index (χ1v) is 9.68. The Kier molecular flexibility index (Phi) is 6.32. The van der Waals surface area contributed by atoms with Gasteiger partial charge in [-0.25, -0.2) is 4.79 Å². The molecule has 1 aliphatic carbocycles. The highest BCUT2D eigenvalue weighted by atomic mass is 16.5. The van der Waals surface area contributed by atoms with E-state index >= 15 is 0 Å². The summed E-state index contributed by atoms with van der Waals surface area (Å²) in [7, 11) is 1.30. The average molecular weight is 395 g/mol. The molecule has 2 aromatic rings. The second-order valence-electron chi connectivity index (χ2n) is 7.30. The predicted molar refractivity (Wildman–Crippen MR) is 109 cm³/mol. The molecule has 1 N–H and O–H groups in total. The summed E-state index contributed by atoms with van der Waals surface area (Å²) in [5.41, 5.74) is 1.85. The number of carbonyl (C=O) groups excluding carboxylic acids is 3. The maximum Gasteiger partial charge on any atom is 0.337 e. The van der Waals surface area contributed by atoms with E-state index in [4.69, 9.17) is 9.47 Å². The lowest BCUT2D eigenvalue weighted by Gasteiger charge is -2.27. The quantitative estimate of drug-likeness (QED) is 0.753. The molecule has 0 saturated heterocycles. The Morgan fingerprint density at radius 2 is 1.72 bits per heavy atom. The first kappa shape index (κ1) is 20.6. The van der Waals surface area contributed by atoms with Gasteiger partial charge < -0.3 is 14.8 Å². The van der Waals surface area contributed by atoms with Crippen LogP contribution in [-0.4, -0.2) is 31.6 Å². The Hall–Kier alpha value is -3.15. The van der Waals surface area contributed by atoms with Crippen molar-refractivity contribution in [2.45, 2.75) is 38.0 Å². The van der Waals surface area contributed by atoms with E-state index in [-0.39, 0.29) is 12.6 Å². The highest BCUT2D eigenvalue weighted by molar-refractivity contribution is 5.97. The molecule has 0 spiro atoms. The fourth-order valence-corrected chi connectivity index (χ4v) is 3.80. The number of benzene rings is 2.